The van der Waals surface area contributed by atoms with Crippen LogP contribution in [0.4, 0.5) is 0 Å². The Kier molecular flexibility index (Phi) is 3.47. The number of para-hydroxylation sites is 1. The van der Waals surface area contributed by atoms with Crippen molar-refractivity contribution in [1.82, 2.24) is 20.2 Å². The summed E-state index contributed by atoms with van der Waals surface area (Å²) in [5.74, 6) is -0.570. The molecule has 0 saturated heterocycles. The number of phenolic OH excluding ortho intramolecular Hbond substituents is 1. The van der Waals surface area contributed by atoms with E-state index in [1.807, 2.05) is 24.3 Å². The molecule has 5 aromatic rings. The fourth-order valence-corrected chi connectivity index (χ4v) is 3.75. The van der Waals surface area contributed by atoms with Crippen LogP contribution >= 0.6 is 11.6 Å². The third-order valence-electron chi connectivity index (χ3n) is 4.70. The number of nitrogens with two attached hydrogens (primary N) is 1. The summed E-state index contributed by atoms with van der Waals surface area (Å²) in [4.78, 5) is 21.3. The third kappa shape index (κ3) is 2.30. The van der Waals surface area contributed by atoms with Crippen molar-refractivity contribution >= 4 is 50.2 Å². The van der Waals surface area contributed by atoms with E-state index in [2.05, 4.69) is 15.2 Å². The predicted octanol–water partition coefficient (Wildman–Crippen LogP) is 3.78. The predicted molar refractivity (Wildman–Crippen MR) is 107 cm³/mol. The summed E-state index contributed by atoms with van der Waals surface area (Å²) < 4.78 is 0. The van der Waals surface area contributed by atoms with Crippen molar-refractivity contribution in [3.63, 3.8) is 0 Å². The lowest BCUT2D eigenvalue weighted by Gasteiger charge is -2.04. The van der Waals surface area contributed by atoms with Crippen LogP contribution in [0, 0.1) is 0 Å². The molecule has 0 bridgehead atoms. The van der Waals surface area contributed by atoms with Crippen molar-refractivity contribution < 1.29 is 9.90 Å². The minimum atomic E-state index is -0.627. The molecule has 3 heterocycles. The number of aromatic amines is 1. The molecule has 4 N–H and O–H groups in total. The summed E-state index contributed by atoms with van der Waals surface area (Å²) in [6, 6.07) is 12.1. The quantitative estimate of drug-likeness (QED) is 0.424. The van der Waals surface area contributed by atoms with Gasteiger partial charge in [0.2, 0.25) is 0 Å². The first-order chi connectivity index (χ1) is 13.5. The standard InChI is InChI=1S/C20H12ClN5O2/c21-13-7-9(27)5-6-10(13)17-12-8-23-20-16(12)15(18(19(22)28)25-26-20)11-3-1-2-4-14(11)24-17/h1-8,25,27H,(H2,22,28). The first kappa shape index (κ1) is 16.5. The average Bonchev–Trinajstić information content (AvgIpc) is 3.04. The summed E-state index contributed by atoms with van der Waals surface area (Å²) in [7, 11) is 0. The number of hydrogen-bond acceptors (Lipinski definition) is 5. The molecule has 5 rings (SSSR count). The molecule has 0 saturated carbocycles. The van der Waals surface area contributed by atoms with E-state index in [9.17, 15) is 9.90 Å². The van der Waals surface area contributed by atoms with Gasteiger partial charge in [-0.2, -0.15) is 5.10 Å². The van der Waals surface area contributed by atoms with Gasteiger partial charge in [-0.15, -0.1) is 0 Å². The number of aromatic hydroxyl groups is 1. The van der Waals surface area contributed by atoms with Gasteiger partial charge in [0.1, 0.15) is 11.4 Å². The second kappa shape index (κ2) is 5.90. The van der Waals surface area contributed by atoms with Gasteiger partial charge in [-0.1, -0.05) is 29.8 Å². The maximum Gasteiger partial charge on any atom is 0.267 e. The number of carbonyl (C=O) groups excluding carboxylic acids is 1. The second-order valence-electron chi connectivity index (χ2n) is 6.35. The van der Waals surface area contributed by atoms with Crippen LogP contribution in [0.2, 0.25) is 5.02 Å². The lowest BCUT2D eigenvalue weighted by atomic mass is 10.0. The summed E-state index contributed by atoms with van der Waals surface area (Å²) in [5, 5.41) is 19.7. The van der Waals surface area contributed by atoms with Crippen LogP contribution in [-0.4, -0.2) is 31.2 Å². The van der Waals surface area contributed by atoms with Crippen LogP contribution < -0.4 is 5.73 Å². The van der Waals surface area contributed by atoms with Crippen molar-refractivity contribution in [3.05, 3.63) is 59.4 Å². The Labute approximate surface area is 162 Å². The number of phenols is 1. The number of benzene rings is 2. The number of nitrogens with zero attached hydrogens (tertiary/aromatic N) is 3. The van der Waals surface area contributed by atoms with Gasteiger partial charge in [-0.3, -0.25) is 9.89 Å². The molecular weight excluding hydrogens is 378 g/mol. The number of hydrogen-bond donors (Lipinski definition) is 3. The number of aromatic nitrogens is 4. The number of nitrogens with one attached hydrogen (secondary N) is 1. The molecule has 0 aliphatic carbocycles. The second-order valence-corrected chi connectivity index (χ2v) is 6.76. The Balaban J connectivity index is 2.09. The van der Waals surface area contributed by atoms with E-state index in [0.29, 0.717) is 43.6 Å². The molecule has 3 aromatic heterocycles. The fraction of sp³-hybridized carbons (Fsp3) is 0. The Hall–Kier alpha value is -3.71. The zero-order valence-electron chi connectivity index (χ0n) is 14.3. The number of carbonyl (C=O) groups is 1. The van der Waals surface area contributed by atoms with Gasteiger partial charge in [-0.25, -0.2) is 9.97 Å². The van der Waals surface area contributed by atoms with E-state index >= 15 is 0 Å². The molecule has 0 aliphatic heterocycles. The van der Waals surface area contributed by atoms with Crippen molar-refractivity contribution in [1.29, 1.82) is 0 Å². The molecular formula is C20H12ClN5O2. The van der Waals surface area contributed by atoms with Crippen molar-refractivity contribution in [2.24, 2.45) is 5.73 Å². The zero-order chi connectivity index (χ0) is 19.4. The Morgan fingerprint density at radius 1 is 1.11 bits per heavy atom. The first-order valence-electron chi connectivity index (χ1n) is 8.39. The summed E-state index contributed by atoms with van der Waals surface area (Å²) in [6.07, 6.45) is 1.65. The maximum atomic E-state index is 12.1. The van der Waals surface area contributed by atoms with Crippen LogP contribution in [0.25, 0.3) is 44.0 Å². The Morgan fingerprint density at radius 3 is 2.71 bits per heavy atom. The first-order valence-corrected chi connectivity index (χ1v) is 8.76. The number of H-pyrrole nitrogens is 1. The average molecular weight is 390 g/mol. The molecule has 0 radical (unpaired) electrons. The number of amides is 1. The molecule has 2 aromatic carbocycles. The van der Waals surface area contributed by atoms with E-state index < -0.39 is 5.91 Å². The van der Waals surface area contributed by atoms with E-state index in [-0.39, 0.29) is 11.4 Å². The van der Waals surface area contributed by atoms with Crippen molar-refractivity contribution in [2.75, 3.05) is 0 Å². The van der Waals surface area contributed by atoms with Gasteiger partial charge in [0.25, 0.3) is 5.91 Å². The molecule has 8 heteroatoms. The van der Waals surface area contributed by atoms with Gasteiger partial charge in [0.15, 0.2) is 5.65 Å². The van der Waals surface area contributed by atoms with Gasteiger partial charge in [-0.05, 0) is 24.3 Å². The minimum Gasteiger partial charge on any atom is -0.508 e. The van der Waals surface area contributed by atoms with Crippen LogP contribution in [0.1, 0.15) is 10.5 Å². The van der Waals surface area contributed by atoms with Gasteiger partial charge < -0.3 is 10.8 Å². The molecule has 7 nitrogen and oxygen atoms in total. The molecule has 0 atom stereocenters. The SMILES string of the molecule is NC(=O)c1[nH]nc2ncc3c(-c4ccc(O)cc4Cl)nc4ccccc4c1c23. The molecule has 0 unspecified atom stereocenters. The van der Waals surface area contributed by atoms with E-state index in [1.54, 1.807) is 18.3 Å². The highest BCUT2D eigenvalue weighted by Crippen LogP contribution is 2.39. The highest BCUT2D eigenvalue weighted by Gasteiger charge is 2.20. The molecule has 0 spiro atoms. The lowest BCUT2D eigenvalue weighted by Crippen LogP contribution is -2.14. The highest BCUT2D eigenvalue weighted by atomic mass is 35.5. The number of primary amides is 1. The van der Waals surface area contributed by atoms with Crippen LogP contribution in [0.15, 0.2) is 48.7 Å². The highest BCUT2D eigenvalue weighted by molar-refractivity contribution is 6.34. The summed E-state index contributed by atoms with van der Waals surface area (Å²) >= 11 is 6.40. The smallest absolute Gasteiger partial charge is 0.267 e. The number of halogens is 1. The van der Waals surface area contributed by atoms with Crippen molar-refractivity contribution in [3.8, 4) is 17.0 Å². The number of fused-ring (bicyclic) bond motifs is 2. The van der Waals surface area contributed by atoms with Crippen molar-refractivity contribution in [2.45, 2.75) is 0 Å². The molecule has 28 heavy (non-hydrogen) atoms. The normalized spacial score (nSPS) is 11.5. The van der Waals surface area contributed by atoms with E-state index in [1.165, 1.54) is 6.07 Å². The third-order valence-corrected chi connectivity index (χ3v) is 5.01. The Morgan fingerprint density at radius 2 is 1.93 bits per heavy atom. The number of rotatable bonds is 2. The minimum absolute atomic E-state index is 0.0573. The van der Waals surface area contributed by atoms with E-state index in [4.69, 9.17) is 22.3 Å². The summed E-state index contributed by atoms with van der Waals surface area (Å²) in [5.41, 5.74) is 8.08. The monoisotopic (exact) mass is 389 g/mol. The van der Waals surface area contributed by atoms with Crippen LogP contribution in [-0.2, 0) is 0 Å². The fourth-order valence-electron chi connectivity index (χ4n) is 3.49. The molecule has 0 aliphatic rings. The lowest BCUT2D eigenvalue weighted by molar-refractivity contribution is 0.0996. The maximum absolute atomic E-state index is 12.1. The van der Waals surface area contributed by atoms with Gasteiger partial charge in [0, 0.05) is 33.3 Å². The van der Waals surface area contributed by atoms with Gasteiger partial charge >= 0.3 is 0 Å². The summed E-state index contributed by atoms with van der Waals surface area (Å²) in [6.45, 7) is 0. The van der Waals surface area contributed by atoms with Crippen LogP contribution in [0.5, 0.6) is 5.75 Å². The molecule has 1 amide bonds. The van der Waals surface area contributed by atoms with Gasteiger partial charge in [0.05, 0.1) is 16.2 Å². The largest absolute Gasteiger partial charge is 0.508 e. The Bertz CT molecular complexity index is 1430. The topological polar surface area (TPSA) is 118 Å². The zero-order valence-corrected chi connectivity index (χ0v) is 15.0. The molecule has 136 valence electrons. The molecule has 0 fully saturated rings. The van der Waals surface area contributed by atoms with Crippen LogP contribution in [0.3, 0.4) is 0 Å². The van der Waals surface area contributed by atoms with E-state index in [0.717, 1.165) is 5.39 Å².